The minimum absolute atomic E-state index is 0.178. The van der Waals surface area contributed by atoms with E-state index in [0.717, 1.165) is 29.5 Å². The highest BCUT2D eigenvalue weighted by Gasteiger charge is 2.43. The Kier molecular flexibility index (Phi) is 5.29. The Balaban J connectivity index is 2.18. The first-order valence-corrected chi connectivity index (χ1v) is 7.95. The lowest BCUT2D eigenvalue weighted by Crippen LogP contribution is -2.53. The van der Waals surface area contributed by atoms with Crippen LogP contribution in [0.1, 0.15) is 42.4 Å². The number of ether oxygens (including phenoxy) is 2. The summed E-state index contributed by atoms with van der Waals surface area (Å²) in [6.45, 7) is 3.95. The van der Waals surface area contributed by atoms with Crippen LogP contribution in [0.25, 0.3) is 0 Å². The van der Waals surface area contributed by atoms with Crippen molar-refractivity contribution in [3.8, 4) is 5.75 Å². The van der Waals surface area contributed by atoms with E-state index in [1.54, 1.807) is 7.11 Å². The van der Waals surface area contributed by atoms with Gasteiger partial charge in [-0.1, -0.05) is 18.9 Å². The number of benzene rings is 1. The van der Waals surface area contributed by atoms with E-state index >= 15 is 0 Å². The van der Waals surface area contributed by atoms with Gasteiger partial charge in [0, 0.05) is 5.56 Å². The van der Waals surface area contributed by atoms with Crippen LogP contribution in [0.3, 0.4) is 0 Å². The molecule has 126 valence electrons. The highest BCUT2D eigenvalue weighted by molar-refractivity contribution is 5.89. The van der Waals surface area contributed by atoms with Crippen LogP contribution in [-0.2, 0) is 20.7 Å². The predicted molar refractivity (Wildman–Crippen MR) is 87.5 cm³/mol. The maximum atomic E-state index is 12.5. The monoisotopic (exact) mass is 319 g/mol. The summed E-state index contributed by atoms with van der Waals surface area (Å²) in [4.78, 5) is 24.6. The van der Waals surface area contributed by atoms with Crippen molar-refractivity contribution in [2.45, 2.75) is 51.5 Å². The standard InChI is InChI=1S/C18H25NO4/c1-12-9-13(2)14(15(10-12)22-3)11-16(20)19-18(17(21)23-4)7-5-6-8-18/h9-10H,5-8,11H2,1-4H3,(H,19,20). The Morgan fingerprint density at radius 3 is 2.39 bits per heavy atom. The van der Waals surface area contributed by atoms with Crippen molar-refractivity contribution in [1.29, 1.82) is 0 Å². The van der Waals surface area contributed by atoms with Crippen LogP contribution in [0.4, 0.5) is 0 Å². The van der Waals surface area contributed by atoms with Crippen molar-refractivity contribution < 1.29 is 19.1 Å². The highest BCUT2D eigenvalue weighted by Crippen LogP contribution is 2.31. The molecule has 1 aliphatic rings. The van der Waals surface area contributed by atoms with Gasteiger partial charge >= 0.3 is 5.97 Å². The van der Waals surface area contributed by atoms with E-state index in [2.05, 4.69) is 5.32 Å². The molecule has 1 aromatic rings. The number of hydrogen-bond acceptors (Lipinski definition) is 4. The normalized spacial score (nSPS) is 16.0. The number of esters is 1. The summed E-state index contributed by atoms with van der Waals surface area (Å²) in [5, 5.41) is 2.92. The number of amides is 1. The third-order valence-electron chi connectivity index (χ3n) is 4.55. The second-order valence-corrected chi connectivity index (χ2v) is 6.27. The minimum atomic E-state index is -0.863. The average Bonchev–Trinajstić information content (AvgIpc) is 2.98. The van der Waals surface area contributed by atoms with Crippen molar-refractivity contribution in [2.24, 2.45) is 0 Å². The molecule has 0 unspecified atom stereocenters. The highest BCUT2D eigenvalue weighted by atomic mass is 16.5. The van der Waals surface area contributed by atoms with Gasteiger partial charge in [-0.15, -0.1) is 0 Å². The molecule has 5 heteroatoms. The average molecular weight is 319 g/mol. The van der Waals surface area contributed by atoms with Gasteiger partial charge in [0.2, 0.25) is 5.91 Å². The fourth-order valence-corrected chi connectivity index (χ4v) is 3.39. The number of carbonyl (C=O) groups excluding carboxylic acids is 2. The van der Waals surface area contributed by atoms with Crippen molar-refractivity contribution in [3.63, 3.8) is 0 Å². The Bertz CT molecular complexity index is 603. The molecule has 1 saturated carbocycles. The fourth-order valence-electron chi connectivity index (χ4n) is 3.39. The molecule has 1 aromatic carbocycles. The second-order valence-electron chi connectivity index (χ2n) is 6.27. The Morgan fingerprint density at radius 2 is 1.83 bits per heavy atom. The number of aryl methyl sites for hydroxylation is 2. The molecule has 1 aliphatic carbocycles. The third-order valence-corrected chi connectivity index (χ3v) is 4.55. The Morgan fingerprint density at radius 1 is 1.17 bits per heavy atom. The number of nitrogens with one attached hydrogen (secondary N) is 1. The predicted octanol–water partition coefficient (Wildman–Crippen LogP) is 2.46. The first-order chi connectivity index (χ1) is 10.9. The van der Waals surface area contributed by atoms with Crippen molar-refractivity contribution in [3.05, 3.63) is 28.8 Å². The molecule has 0 spiro atoms. The van der Waals surface area contributed by atoms with Crippen molar-refractivity contribution in [2.75, 3.05) is 14.2 Å². The van der Waals surface area contributed by atoms with Gasteiger partial charge in [0.05, 0.1) is 20.6 Å². The third kappa shape index (κ3) is 3.66. The van der Waals surface area contributed by atoms with Gasteiger partial charge in [-0.05, 0) is 43.9 Å². The van der Waals surface area contributed by atoms with Gasteiger partial charge < -0.3 is 14.8 Å². The zero-order valence-electron chi connectivity index (χ0n) is 14.3. The molecular weight excluding hydrogens is 294 g/mol. The zero-order valence-corrected chi connectivity index (χ0v) is 14.3. The maximum absolute atomic E-state index is 12.5. The molecule has 0 bridgehead atoms. The molecule has 0 radical (unpaired) electrons. The summed E-state index contributed by atoms with van der Waals surface area (Å²) in [7, 11) is 2.96. The van der Waals surface area contributed by atoms with E-state index in [0.29, 0.717) is 18.6 Å². The van der Waals surface area contributed by atoms with E-state index in [-0.39, 0.29) is 18.3 Å². The zero-order chi connectivity index (χ0) is 17.0. The lowest BCUT2D eigenvalue weighted by atomic mass is 9.96. The van der Waals surface area contributed by atoms with Gasteiger partial charge in [0.25, 0.3) is 0 Å². The molecule has 0 saturated heterocycles. The van der Waals surface area contributed by atoms with Gasteiger partial charge in [-0.2, -0.15) is 0 Å². The van der Waals surface area contributed by atoms with Gasteiger partial charge in [0.1, 0.15) is 11.3 Å². The van der Waals surface area contributed by atoms with Crippen LogP contribution in [0, 0.1) is 13.8 Å². The molecule has 0 atom stereocenters. The van der Waals surface area contributed by atoms with E-state index < -0.39 is 5.54 Å². The first kappa shape index (κ1) is 17.3. The molecule has 0 heterocycles. The fraction of sp³-hybridized carbons (Fsp3) is 0.556. The number of carbonyl (C=O) groups is 2. The molecule has 1 N–H and O–H groups in total. The molecule has 0 aliphatic heterocycles. The SMILES string of the molecule is COC(=O)C1(NC(=O)Cc2c(C)cc(C)cc2OC)CCCC1. The summed E-state index contributed by atoms with van der Waals surface area (Å²) < 4.78 is 10.3. The second kappa shape index (κ2) is 7.02. The summed E-state index contributed by atoms with van der Waals surface area (Å²) in [6, 6.07) is 3.94. The maximum Gasteiger partial charge on any atom is 0.331 e. The van der Waals surface area contributed by atoms with Crippen molar-refractivity contribution >= 4 is 11.9 Å². The van der Waals surface area contributed by atoms with Crippen LogP contribution >= 0.6 is 0 Å². The van der Waals surface area contributed by atoms with E-state index in [1.165, 1.54) is 7.11 Å². The number of rotatable bonds is 5. The van der Waals surface area contributed by atoms with Gasteiger partial charge in [-0.25, -0.2) is 4.79 Å². The van der Waals surface area contributed by atoms with Crippen LogP contribution in [0.15, 0.2) is 12.1 Å². The van der Waals surface area contributed by atoms with Gasteiger partial charge in [0.15, 0.2) is 0 Å². The summed E-state index contributed by atoms with van der Waals surface area (Å²) >= 11 is 0. The molecule has 1 amide bonds. The minimum Gasteiger partial charge on any atom is -0.496 e. The van der Waals surface area contributed by atoms with Gasteiger partial charge in [-0.3, -0.25) is 4.79 Å². The Hall–Kier alpha value is -2.04. The molecular formula is C18H25NO4. The first-order valence-electron chi connectivity index (χ1n) is 7.95. The van der Waals surface area contributed by atoms with Crippen LogP contribution < -0.4 is 10.1 Å². The van der Waals surface area contributed by atoms with E-state index in [4.69, 9.17) is 9.47 Å². The summed E-state index contributed by atoms with van der Waals surface area (Å²) in [5.41, 5.74) is 2.09. The van der Waals surface area contributed by atoms with Crippen molar-refractivity contribution in [1.82, 2.24) is 5.32 Å². The quantitative estimate of drug-likeness (QED) is 0.847. The molecule has 23 heavy (non-hydrogen) atoms. The van der Waals surface area contributed by atoms with E-state index in [1.807, 2.05) is 26.0 Å². The number of hydrogen-bond donors (Lipinski definition) is 1. The van der Waals surface area contributed by atoms with E-state index in [9.17, 15) is 9.59 Å². The summed E-state index contributed by atoms with van der Waals surface area (Å²) in [5.74, 6) is 0.176. The lowest BCUT2D eigenvalue weighted by molar-refractivity contribution is -0.150. The Labute approximate surface area is 137 Å². The van der Waals surface area contributed by atoms with Crippen LogP contribution in [0.2, 0.25) is 0 Å². The molecule has 0 aromatic heterocycles. The lowest BCUT2D eigenvalue weighted by Gasteiger charge is -2.27. The summed E-state index contributed by atoms with van der Waals surface area (Å²) in [6.07, 6.45) is 3.30. The largest absolute Gasteiger partial charge is 0.496 e. The topological polar surface area (TPSA) is 64.6 Å². The molecule has 2 rings (SSSR count). The smallest absolute Gasteiger partial charge is 0.331 e. The molecule has 5 nitrogen and oxygen atoms in total. The van der Waals surface area contributed by atoms with Crippen LogP contribution in [0.5, 0.6) is 5.75 Å². The molecule has 1 fully saturated rings. The van der Waals surface area contributed by atoms with Crippen LogP contribution in [-0.4, -0.2) is 31.6 Å². The number of methoxy groups -OCH3 is 2.